The van der Waals surface area contributed by atoms with Crippen LogP contribution in [0.5, 0.6) is 0 Å². The van der Waals surface area contributed by atoms with Crippen LogP contribution in [0, 0.1) is 10.1 Å². The Labute approximate surface area is 155 Å². The lowest BCUT2D eigenvalue weighted by Crippen LogP contribution is -2.44. The van der Waals surface area contributed by atoms with Crippen LogP contribution in [0.1, 0.15) is 22.0 Å². The maximum atomic E-state index is 12.9. The number of hydrogen-bond acceptors (Lipinski definition) is 6. The van der Waals surface area contributed by atoms with Gasteiger partial charge in [-0.05, 0) is 12.1 Å². The van der Waals surface area contributed by atoms with E-state index in [-0.39, 0.29) is 17.2 Å². The fourth-order valence-electron chi connectivity index (χ4n) is 2.73. The largest absolute Gasteiger partial charge is 0.444 e. The van der Waals surface area contributed by atoms with E-state index >= 15 is 0 Å². The fourth-order valence-corrected chi connectivity index (χ4v) is 2.73. The zero-order valence-electron chi connectivity index (χ0n) is 14.4. The highest BCUT2D eigenvalue weighted by Crippen LogP contribution is 2.23. The van der Waals surface area contributed by atoms with Gasteiger partial charge in [0.1, 0.15) is 0 Å². The van der Waals surface area contributed by atoms with Gasteiger partial charge in [0.2, 0.25) is 6.10 Å². The molecule has 2 aromatic carbocycles. The van der Waals surface area contributed by atoms with Crippen LogP contribution in [0.3, 0.4) is 0 Å². The predicted molar refractivity (Wildman–Crippen MR) is 95.1 cm³/mol. The second-order valence-corrected chi connectivity index (χ2v) is 5.94. The minimum absolute atomic E-state index is 0.129. The van der Waals surface area contributed by atoms with E-state index in [2.05, 4.69) is 0 Å². The second-order valence-electron chi connectivity index (χ2n) is 5.94. The molecule has 0 N–H and O–H groups in total. The Hall–Kier alpha value is -3.26. The number of ether oxygens (including phenoxy) is 2. The van der Waals surface area contributed by atoms with Gasteiger partial charge in [-0.25, -0.2) is 4.79 Å². The number of nitrogens with zero attached hydrogens (tertiary/aromatic N) is 2. The van der Waals surface area contributed by atoms with Gasteiger partial charge < -0.3 is 14.4 Å². The average molecular weight is 370 g/mol. The molecular weight excluding hydrogens is 352 g/mol. The summed E-state index contributed by atoms with van der Waals surface area (Å²) in [6, 6.07) is 13.8. The van der Waals surface area contributed by atoms with Gasteiger partial charge in [-0.1, -0.05) is 30.3 Å². The van der Waals surface area contributed by atoms with Crippen molar-refractivity contribution in [2.24, 2.45) is 0 Å². The average Bonchev–Trinajstić information content (AvgIpc) is 2.72. The van der Waals surface area contributed by atoms with Gasteiger partial charge in [0.05, 0.1) is 23.7 Å². The lowest BCUT2D eigenvalue weighted by Gasteiger charge is -2.30. The number of hydrogen-bond donors (Lipinski definition) is 0. The molecule has 0 bridgehead atoms. The first-order valence-electron chi connectivity index (χ1n) is 8.43. The summed E-state index contributed by atoms with van der Waals surface area (Å²) in [6.45, 7) is 1.72. The van der Waals surface area contributed by atoms with Crippen LogP contribution in [0.25, 0.3) is 0 Å². The molecular formula is C19H18N2O6. The van der Waals surface area contributed by atoms with Gasteiger partial charge in [0.25, 0.3) is 11.6 Å². The highest BCUT2D eigenvalue weighted by molar-refractivity contribution is 5.93. The molecule has 1 aliphatic heterocycles. The zero-order chi connectivity index (χ0) is 19.2. The highest BCUT2D eigenvalue weighted by Gasteiger charge is 2.30. The predicted octanol–water partition coefficient (Wildman–Crippen LogP) is 2.35. The van der Waals surface area contributed by atoms with Gasteiger partial charge in [0, 0.05) is 30.8 Å². The Morgan fingerprint density at radius 3 is 2.26 bits per heavy atom. The summed E-state index contributed by atoms with van der Waals surface area (Å²) in [5, 5.41) is 10.7. The van der Waals surface area contributed by atoms with Crippen LogP contribution >= 0.6 is 0 Å². The summed E-state index contributed by atoms with van der Waals surface area (Å²) in [7, 11) is 0. The number of nitro benzene ring substituents is 1. The van der Waals surface area contributed by atoms with Crippen molar-refractivity contribution in [1.29, 1.82) is 0 Å². The summed E-state index contributed by atoms with van der Waals surface area (Å²) in [6.07, 6.45) is -1.09. The molecule has 2 aromatic rings. The summed E-state index contributed by atoms with van der Waals surface area (Å²) < 4.78 is 10.8. The highest BCUT2D eigenvalue weighted by atomic mass is 16.6. The van der Waals surface area contributed by atoms with E-state index in [1.54, 1.807) is 35.2 Å². The van der Waals surface area contributed by atoms with Gasteiger partial charge in [0.15, 0.2) is 0 Å². The first-order chi connectivity index (χ1) is 13.1. The van der Waals surface area contributed by atoms with Crippen molar-refractivity contribution in [3.8, 4) is 0 Å². The number of benzene rings is 2. The molecule has 1 saturated heterocycles. The van der Waals surface area contributed by atoms with Crippen molar-refractivity contribution in [2.75, 3.05) is 26.3 Å². The zero-order valence-corrected chi connectivity index (χ0v) is 14.4. The van der Waals surface area contributed by atoms with Crippen LogP contribution in [-0.2, 0) is 14.3 Å². The van der Waals surface area contributed by atoms with Crippen molar-refractivity contribution in [3.05, 3.63) is 75.8 Å². The van der Waals surface area contributed by atoms with E-state index in [4.69, 9.17) is 9.47 Å². The molecule has 1 amide bonds. The molecule has 0 aliphatic carbocycles. The van der Waals surface area contributed by atoms with Crippen molar-refractivity contribution >= 4 is 17.6 Å². The molecule has 0 radical (unpaired) electrons. The molecule has 1 atom stereocenters. The Balaban J connectivity index is 1.81. The van der Waals surface area contributed by atoms with E-state index < -0.39 is 17.0 Å². The van der Waals surface area contributed by atoms with Crippen LogP contribution in [-0.4, -0.2) is 48.0 Å². The third kappa shape index (κ3) is 4.48. The molecule has 8 nitrogen and oxygen atoms in total. The minimum atomic E-state index is -1.09. The van der Waals surface area contributed by atoms with Crippen molar-refractivity contribution in [2.45, 2.75) is 6.10 Å². The van der Waals surface area contributed by atoms with Crippen LogP contribution in [0.15, 0.2) is 54.6 Å². The van der Waals surface area contributed by atoms with Crippen LogP contribution < -0.4 is 0 Å². The van der Waals surface area contributed by atoms with Gasteiger partial charge in [-0.3, -0.25) is 14.9 Å². The molecule has 0 aromatic heterocycles. The smallest absolute Gasteiger partial charge is 0.339 e. The molecule has 8 heteroatoms. The van der Waals surface area contributed by atoms with Crippen molar-refractivity contribution in [1.82, 2.24) is 4.90 Å². The number of morpholine rings is 1. The number of amides is 1. The topological polar surface area (TPSA) is 99.0 Å². The fraction of sp³-hybridized carbons (Fsp3) is 0.263. The number of nitro groups is 1. The first kappa shape index (κ1) is 18.5. The molecule has 0 saturated carbocycles. The number of carbonyl (C=O) groups excluding carboxylic acids is 2. The molecule has 27 heavy (non-hydrogen) atoms. The first-order valence-corrected chi connectivity index (χ1v) is 8.43. The van der Waals surface area contributed by atoms with Crippen LogP contribution in [0.4, 0.5) is 5.69 Å². The summed E-state index contributed by atoms with van der Waals surface area (Å²) >= 11 is 0. The van der Waals surface area contributed by atoms with Gasteiger partial charge >= 0.3 is 5.97 Å². The number of non-ortho nitro benzene ring substituents is 1. The van der Waals surface area contributed by atoms with Crippen molar-refractivity contribution in [3.63, 3.8) is 0 Å². The number of rotatable bonds is 5. The molecule has 3 rings (SSSR count). The molecule has 1 heterocycles. The van der Waals surface area contributed by atoms with Crippen molar-refractivity contribution < 1.29 is 24.0 Å². The Bertz CT molecular complexity index is 816. The van der Waals surface area contributed by atoms with Gasteiger partial charge in [-0.2, -0.15) is 0 Å². The molecule has 1 fully saturated rings. The monoisotopic (exact) mass is 370 g/mol. The number of esters is 1. The van der Waals surface area contributed by atoms with E-state index in [1.165, 1.54) is 24.3 Å². The second kappa shape index (κ2) is 8.41. The van der Waals surface area contributed by atoms with E-state index in [1.807, 2.05) is 0 Å². The summed E-state index contributed by atoms with van der Waals surface area (Å²) in [5.41, 5.74) is 0.566. The quantitative estimate of drug-likeness (QED) is 0.455. The molecule has 140 valence electrons. The number of carbonyl (C=O) groups is 2. The minimum Gasteiger partial charge on any atom is -0.444 e. The maximum absolute atomic E-state index is 12.9. The van der Waals surface area contributed by atoms with Crippen LogP contribution in [0.2, 0.25) is 0 Å². The Kier molecular flexibility index (Phi) is 5.77. The SMILES string of the molecule is O=C(OC(C(=O)N1CCOCC1)c1ccccc1)c1ccc([N+](=O)[O-])cc1. The summed E-state index contributed by atoms with van der Waals surface area (Å²) in [4.78, 5) is 37.2. The van der Waals surface area contributed by atoms with E-state index in [0.717, 1.165) is 0 Å². The lowest BCUT2D eigenvalue weighted by atomic mass is 10.1. The lowest BCUT2D eigenvalue weighted by molar-refractivity contribution is -0.384. The molecule has 1 aliphatic rings. The third-order valence-electron chi connectivity index (χ3n) is 4.19. The standard InChI is InChI=1S/C19H18N2O6/c22-18(20-10-12-26-13-11-20)17(14-4-2-1-3-5-14)27-19(23)15-6-8-16(9-7-15)21(24)25/h1-9,17H,10-13H2. The molecule has 1 unspecified atom stereocenters. The normalized spacial score (nSPS) is 15.0. The van der Waals surface area contributed by atoms with E-state index in [9.17, 15) is 19.7 Å². The van der Waals surface area contributed by atoms with E-state index in [0.29, 0.717) is 31.9 Å². The molecule has 0 spiro atoms. The Morgan fingerprint density at radius 1 is 1.04 bits per heavy atom. The third-order valence-corrected chi connectivity index (χ3v) is 4.19. The maximum Gasteiger partial charge on any atom is 0.339 e. The van der Waals surface area contributed by atoms with Gasteiger partial charge in [-0.15, -0.1) is 0 Å². The Morgan fingerprint density at radius 2 is 1.67 bits per heavy atom. The summed E-state index contributed by atoms with van der Waals surface area (Å²) in [5.74, 6) is -1.04.